The Morgan fingerprint density at radius 1 is 1.60 bits per heavy atom. The number of nitrogens with two attached hydrogens (primary N) is 1. The average molecular weight is 223 g/mol. The third-order valence-electron chi connectivity index (χ3n) is 1.81. The van der Waals surface area contributed by atoms with Crippen LogP contribution in [0.5, 0.6) is 0 Å². The molecule has 0 aliphatic rings. The highest BCUT2D eigenvalue weighted by Crippen LogP contribution is 1.95. The average Bonchev–Trinajstić information content (AvgIpc) is 2.25. The number of nitrogens with zero attached hydrogens (tertiary/aromatic N) is 1. The largest absolute Gasteiger partial charge is 0.393 e. The van der Waals surface area contributed by atoms with Gasteiger partial charge in [0, 0.05) is 18.9 Å². The van der Waals surface area contributed by atoms with Gasteiger partial charge < -0.3 is 11.1 Å². The van der Waals surface area contributed by atoms with Crippen LogP contribution in [0.15, 0.2) is 24.5 Å². The minimum absolute atomic E-state index is 0.119. The Balaban J connectivity index is 2.28. The summed E-state index contributed by atoms with van der Waals surface area (Å²) in [6.07, 6.45) is 4.58. The highest BCUT2D eigenvalue weighted by molar-refractivity contribution is 7.80. The summed E-state index contributed by atoms with van der Waals surface area (Å²) in [4.78, 5) is 15.8. The van der Waals surface area contributed by atoms with E-state index >= 15 is 0 Å². The minimum atomic E-state index is -0.119. The molecule has 0 saturated carbocycles. The molecule has 1 heterocycles. The van der Waals surface area contributed by atoms with E-state index in [1.807, 2.05) is 0 Å². The molecule has 0 spiro atoms. The second kappa shape index (κ2) is 6.08. The smallest absolute Gasteiger partial charge is 0.252 e. The van der Waals surface area contributed by atoms with Gasteiger partial charge in [-0.25, -0.2) is 0 Å². The standard InChI is InChI=1S/C10H13N3OS/c11-9(15)4-2-6-13-10(14)8-3-1-5-12-7-8/h1,3,5,7H,2,4,6H2,(H2,11,15)(H,13,14). The van der Waals surface area contributed by atoms with Crippen molar-refractivity contribution in [2.24, 2.45) is 5.73 Å². The second-order valence-corrected chi connectivity index (χ2v) is 3.59. The van der Waals surface area contributed by atoms with Crippen LogP contribution in [0.3, 0.4) is 0 Å². The van der Waals surface area contributed by atoms with E-state index in [2.05, 4.69) is 10.3 Å². The van der Waals surface area contributed by atoms with Crippen LogP contribution in [0.2, 0.25) is 0 Å². The first kappa shape index (κ1) is 11.6. The molecule has 0 bridgehead atoms. The number of aromatic nitrogens is 1. The van der Waals surface area contributed by atoms with Crippen molar-refractivity contribution in [2.75, 3.05) is 6.54 Å². The fourth-order valence-electron chi connectivity index (χ4n) is 1.06. The predicted molar refractivity (Wildman–Crippen MR) is 62.6 cm³/mol. The van der Waals surface area contributed by atoms with Gasteiger partial charge in [0.05, 0.1) is 10.6 Å². The van der Waals surface area contributed by atoms with Crippen molar-refractivity contribution in [3.63, 3.8) is 0 Å². The summed E-state index contributed by atoms with van der Waals surface area (Å²) in [5.41, 5.74) is 5.89. The molecule has 0 unspecified atom stereocenters. The molecule has 1 aromatic rings. The molecule has 0 fully saturated rings. The maximum absolute atomic E-state index is 11.5. The molecule has 3 N–H and O–H groups in total. The van der Waals surface area contributed by atoms with Gasteiger partial charge in [0.25, 0.3) is 5.91 Å². The van der Waals surface area contributed by atoms with Crippen LogP contribution >= 0.6 is 12.2 Å². The van der Waals surface area contributed by atoms with E-state index in [1.165, 1.54) is 6.20 Å². The van der Waals surface area contributed by atoms with E-state index in [0.717, 1.165) is 6.42 Å². The van der Waals surface area contributed by atoms with Crippen molar-refractivity contribution >= 4 is 23.1 Å². The second-order valence-electron chi connectivity index (χ2n) is 3.07. The Bertz CT molecular complexity index is 340. The van der Waals surface area contributed by atoms with Crippen LogP contribution in [0.1, 0.15) is 23.2 Å². The fraction of sp³-hybridized carbons (Fsp3) is 0.300. The molecule has 0 atom stereocenters. The van der Waals surface area contributed by atoms with Gasteiger partial charge in [-0.3, -0.25) is 9.78 Å². The lowest BCUT2D eigenvalue weighted by Crippen LogP contribution is -2.25. The van der Waals surface area contributed by atoms with Gasteiger partial charge in [-0.2, -0.15) is 0 Å². The van der Waals surface area contributed by atoms with Crippen molar-refractivity contribution in [3.05, 3.63) is 30.1 Å². The summed E-state index contributed by atoms with van der Waals surface area (Å²) in [7, 11) is 0. The minimum Gasteiger partial charge on any atom is -0.393 e. The third-order valence-corrected chi connectivity index (χ3v) is 2.01. The van der Waals surface area contributed by atoms with E-state index in [4.69, 9.17) is 18.0 Å². The van der Waals surface area contributed by atoms with Gasteiger partial charge in [0.1, 0.15) is 0 Å². The van der Waals surface area contributed by atoms with E-state index < -0.39 is 0 Å². The molecule has 1 amide bonds. The number of thiocarbonyl (C=S) groups is 1. The molecular weight excluding hydrogens is 210 g/mol. The van der Waals surface area contributed by atoms with Crippen LogP contribution in [-0.4, -0.2) is 22.4 Å². The number of hydrogen-bond acceptors (Lipinski definition) is 3. The maximum Gasteiger partial charge on any atom is 0.252 e. The van der Waals surface area contributed by atoms with Gasteiger partial charge in [-0.15, -0.1) is 0 Å². The number of rotatable bonds is 5. The Hall–Kier alpha value is -1.49. The van der Waals surface area contributed by atoms with Crippen molar-refractivity contribution in [1.82, 2.24) is 10.3 Å². The van der Waals surface area contributed by atoms with Gasteiger partial charge >= 0.3 is 0 Å². The molecule has 15 heavy (non-hydrogen) atoms. The van der Waals surface area contributed by atoms with Crippen LogP contribution in [0.4, 0.5) is 0 Å². The quantitative estimate of drug-likeness (QED) is 0.574. The van der Waals surface area contributed by atoms with E-state index in [9.17, 15) is 4.79 Å². The molecule has 0 aliphatic carbocycles. The number of hydrogen-bond donors (Lipinski definition) is 2. The predicted octanol–water partition coefficient (Wildman–Crippen LogP) is 0.878. The molecule has 1 aromatic heterocycles. The summed E-state index contributed by atoms with van der Waals surface area (Å²) < 4.78 is 0. The SMILES string of the molecule is NC(=S)CCCNC(=O)c1cccnc1. The van der Waals surface area contributed by atoms with Crippen molar-refractivity contribution in [1.29, 1.82) is 0 Å². The Labute approximate surface area is 93.9 Å². The van der Waals surface area contributed by atoms with Gasteiger partial charge in [0.15, 0.2) is 0 Å². The van der Waals surface area contributed by atoms with E-state index in [1.54, 1.807) is 18.3 Å². The van der Waals surface area contributed by atoms with Crippen LogP contribution in [-0.2, 0) is 0 Å². The van der Waals surface area contributed by atoms with E-state index in [-0.39, 0.29) is 5.91 Å². The first-order chi connectivity index (χ1) is 7.20. The van der Waals surface area contributed by atoms with Gasteiger partial charge in [-0.1, -0.05) is 12.2 Å². The lowest BCUT2D eigenvalue weighted by molar-refractivity contribution is 0.0953. The van der Waals surface area contributed by atoms with Crippen LogP contribution in [0.25, 0.3) is 0 Å². The topological polar surface area (TPSA) is 68.0 Å². The summed E-state index contributed by atoms with van der Waals surface area (Å²) in [5.74, 6) is -0.119. The molecule has 0 aliphatic heterocycles. The highest BCUT2D eigenvalue weighted by Gasteiger charge is 2.03. The molecular formula is C10H13N3OS. The zero-order chi connectivity index (χ0) is 11.1. The normalized spacial score (nSPS) is 9.60. The molecule has 80 valence electrons. The Morgan fingerprint density at radius 3 is 3.00 bits per heavy atom. The number of pyridine rings is 1. The third kappa shape index (κ3) is 4.51. The molecule has 1 rings (SSSR count). The number of amides is 1. The summed E-state index contributed by atoms with van der Waals surface area (Å²) in [6.45, 7) is 0.574. The van der Waals surface area contributed by atoms with Crippen molar-refractivity contribution in [3.8, 4) is 0 Å². The number of carbonyl (C=O) groups excluding carboxylic acids is 1. The maximum atomic E-state index is 11.5. The molecule has 5 heteroatoms. The summed E-state index contributed by atoms with van der Waals surface area (Å²) in [5, 5.41) is 2.76. The first-order valence-corrected chi connectivity index (χ1v) is 5.07. The molecule has 0 saturated heterocycles. The van der Waals surface area contributed by atoms with Gasteiger partial charge in [-0.05, 0) is 25.0 Å². The van der Waals surface area contributed by atoms with E-state index in [0.29, 0.717) is 23.5 Å². The highest BCUT2D eigenvalue weighted by atomic mass is 32.1. The van der Waals surface area contributed by atoms with Crippen LogP contribution < -0.4 is 11.1 Å². The Kier molecular flexibility index (Phi) is 4.70. The lowest BCUT2D eigenvalue weighted by Gasteiger charge is -2.03. The molecule has 4 nitrogen and oxygen atoms in total. The zero-order valence-electron chi connectivity index (χ0n) is 8.27. The van der Waals surface area contributed by atoms with Crippen molar-refractivity contribution < 1.29 is 4.79 Å². The lowest BCUT2D eigenvalue weighted by atomic mass is 10.2. The molecule has 0 aromatic carbocycles. The Morgan fingerprint density at radius 2 is 2.40 bits per heavy atom. The van der Waals surface area contributed by atoms with Gasteiger partial charge in [0.2, 0.25) is 0 Å². The number of carbonyl (C=O) groups is 1. The summed E-state index contributed by atoms with van der Waals surface area (Å²) in [6, 6.07) is 3.44. The van der Waals surface area contributed by atoms with Crippen LogP contribution in [0, 0.1) is 0 Å². The molecule has 0 radical (unpaired) electrons. The summed E-state index contributed by atoms with van der Waals surface area (Å²) >= 11 is 4.72. The fourth-order valence-corrected chi connectivity index (χ4v) is 1.21. The van der Waals surface area contributed by atoms with Crippen molar-refractivity contribution in [2.45, 2.75) is 12.8 Å². The monoisotopic (exact) mass is 223 g/mol. The first-order valence-electron chi connectivity index (χ1n) is 4.66. The zero-order valence-corrected chi connectivity index (χ0v) is 9.09. The number of nitrogens with one attached hydrogen (secondary N) is 1.